The van der Waals surface area contributed by atoms with Crippen LogP contribution in [0.5, 0.6) is 0 Å². The van der Waals surface area contributed by atoms with Crippen LogP contribution in [0, 0.1) is 0 Å². The second-order valence-electron chi connectivity index (χ2n) is 3.92. The molecule has 1 unspecified atom stereocenters. The fourth-order valence-corrected chi connectivity index (χ4v) is 1.64. The van der Waals surface area contributed by atoms with Crippen LogP contribution in [0.2, 0.25) is 0 Å². The van der Waals surface area contributed by atoms with Crippen molar-refractivity contribution in [3.8, 4) is 0 Å². The molecule has 1 aliphatic heterocycles. The second kappa shape index (κ2) is 6.44. The predicted molar refractivity (Wildman–Crippen MR) is 56.8 cm³/mol. The van der Waals surface area contributed by atoms with E-state index in [1.165, 1.54) is 0 Å². The average molecular weight is 230 g/mol. The molecule has 0 saturated carbocycles. The van der Waals surface area contributed by atoms with Gasteiger partial charge in [-0.05, 0) is 19.3 Å². The third-order valence-electron chi connectivity index (χ3n) is 2.52. The summed E-state index contributed by atoms with van der Waals surface area (Å²) in [5, 5.41) is 11.1. The third-order valence-corrected chi connectivity index (χ3v) is 2.52. The molecule has 0 aromatic rings. The van der Waals surface area contributed by atoms with Gasteiger partial charge >= 0.3 is 5.97 Å². The van der Waals surface area contributed by atoms with Crippen LogP contribution in [0.3, 0.4) is 0 Å². The van der Waals surface area contributed by atoms with E-state index >= 15 is 0 Å². The number of nitrogens with one attached hydrogen (secondary N) is 1. The van der Waals surface area contributed by atoms with E-state index in [1.54, 1.807) is 0 Å². The van der Waals surface area contributed by atoms with Gasteiger partial charge in [0.2, 0.25) is 5.91 Å². The van der Waals surface area contributed by atoms with Crippen molar-refractivity contribution in [3.05, 3.63) is 0 Å². The first-order valence-electron chi connectivity index (χ1n) is 5.46. The highest BCUT2D eigenvalue weighted by Gasteiger charge is 2.18. The van der Waals surface area contributed by atoms with Crippen molar-refractivity contribution in [2.24, 2.45) is 5.73 Å². The molecule has 2 atom stereocenters. The van der Waals surface area contributed by atoms with Crippen LogP contribution in [0.25, 0.3) is 0 Å². The molecule has 1 amide bonds. The Hall–Kier alpha value is -1.14. The maximum absolute atomic E-state index is 11.3. The van der Waals surface area contributed by atoms with Crippen molar-refractivity contribution in [3.63, 3.8) is 0 Å². The topological polar surface area (TPSA) is 102 Å². The van der Waals surface area contributed by atoms with Gasteiger partial charge in [-0.1, -0.05) is 0 Å². The lowest BCUT2D eigenvalue weighted by molar-refractivity contribution is -0.139. The quantitative estimate of drug-likeness (QED) is 0.569. The highest BCUT2D eigenvalue weighted by Crippen LogP contribution is 2.14. The number of nitrogens with two attached hydrogens (primary N) is 1. The van der Waals surface area contributed by atoms with Gasteiger partial charge in [-0.2, -0.15) is 0 Å². The first-order chi connectivity index (χ1) is 7.59. The Morgan fingerprint density at radius 3 is 2.88 bits per heavy atom. The van der Waals surface area contributed by atoms with E-state index in [9.17, 15) is 9.59 Å². The maximum Gasteiger partial charge on any atom is 0.305 e. The molecule has 0 aromatic heterocycles. The molecule has 6 nitrogen and oxygen atoms in total. The van der Waals surface area contributed by atoms with Crippen molar-refractivity contribution in [1.29, 1.82) is 0 Å². The Morgan fingerprint density at radius 1 is 1.56 bits per heavy atom. The van der Waals surface area contributed by atoms with Gasteiger partial charge in [-0.3, -0.25) is 9.59 Å². The summed E-state index contributed by atoms with van der Waals surface area (Å²) in [6, 6.07) is -0.970. The molecule has 16 heavy (non-hydrogen) atoms. The normalized spacial score (nSPS) is 21.7. The molecule has 1 saturated heterocycles. The Balaban J connectivity index is 2.11. The van der Waals surface area contributed by atoms with Crippen molar-refractivity contribution < 1.29 is 19.4 Å². The van der Waals surface area contributed by atoms with Crippen molar-refractivity contribution in [1.82, 2.24) is 5.32 Å². The fourth-order valence-electron chi connectivity index (χ4n) is 1.64. The zero-order chi connectivity index (χ0) is 12.0. The van der Waals surface area contributed by atoms with Gasteiger partial charge in [0.1, 0.15) is 0 Å². The summed E-state index contributed by atoms with van der Waals surface area (Å²) in [4.78, 5) is 21.6. The van der Waals surface area contributed by atoms with Crippen molar-refractivity contribution in [2.75, 3.05) is 13.2 Å². The molecule has 0 spiro atoms. The molecular weight excluding hydrogens is 212 g/mol. The number of carbonyl (C=O) groups excluding carboxylic acids is 1. The van der Waals surface area contributed by atoms with Crippen LogP contribution < -0.4 is 11.1 Å². The molecule has 1 aliphatic rings. The average Bonchev–Trinajstić information content (AvgIpc) is 2.69. The van der Waals surface area contributed by atoms with E-state index in [2.05, 4.69) is 5.32 Å². The highest BCUT2D eigenvalue weighted by atomic mass is 16.5. The molecule has 1 rings (SSSR count). The van der Waals surface area contributed by atoms with E-state index in [4.69, 9.17) is 15.6 Å². The smallest absolute Gasteiger partial charge is 0.305 e. The van der Waals surface area contributed by atoms with E-state index in [-0.39, 0.29) is 12.5 Å². The third kappa shape index (κ3) is 4.59. The van der Waals surface area contributed by atoms with Gasteiger partial charge in [-0.15, -0.1) is 0 Å². The molecule has 1 fully saturated rings. The molecule has 0 bridgehead atoms. The van der Waals surface area contributed by atoms with Crippen LogP contribution in [-0.2, 0) is 14.3 Å². The Kier molecular flexibility index (Phi) is 5.21. The number of hydrogen-bond donors (Lipinski definition) is 3. The van der Waals surface area contributed by atoms with Gasteiger partial charge in [0.25, 0.3) is 0 Å². The van der Waals surface area contributed by atoms with Crippen LogP contribution >= 0.6 is 0 Å². The monoisotopic (exact) mass is 230 g/mol. The summed E-state index contributed by atoms with van der Waals surface area (Å²) < 4.78 is 5.38. The summed E-state index contributed by atoms with van der Waals surface area (Å²) >= 11 is 0. The maximum atomic E-state index is 11.3. The minimum Gasteiger partial charge on any atom is -0.481 e. The SMILES string of the molecule is N[C@@H](CC(=O)O)C(=O)NCCC1CCCO1. The Labute approximate surface area is 94.1 Å². The van der Waals surface area contributed by atoms with Gasteiger partial charge in [0.05, 0.1) is 18.6 Å². The van der Waals surface area contributed by atoms with Crippen LogP contribution in [0.15, 0.2) is 0 Å². The van der Waals surface area contributed by atoms with Crippen molar-refractivity contribution in [2.45, 2.75) is 37.8 Å². The first kappa shape index (κ1) is 12.9. The number of carboxylic acids is 1. The lowest BCUT2D eigenvalue weighted by Gasteiger charge is -2.12. The number of carbonyl (C=O) groups is 2. The number of ether oxygens (including phenoxy) is 1. The molecule has 4 N–H and O–H groups in total. The minimum atomic E-state index is -1.07. The van der Waals surface area contributed by atoms with Gasteiger partial charge in [0.15, 0.2) is 0 Å². The summed E-state index contributed by atoms with van der Waals surface area (Å²) in [6.07, 6.45) is 2.72. The molecule has 92 valence electrons. The van der Waals surface area contributed by atoms with Gasteiger partial charge in [-0.25, -0.2) is 0 Å². The largest absolute Gasteiger partial charge is 0.481 e. The molecule has 1 heterocycles. The highest BCUT2D eigenvalue weighted by molar-refractivity contribution is 5.85. The summed E-state index contributed by atoms with van der Waals surface area (Å²) in [7, 11) is 0. The first-order valence-corrected chi connectivity index (χ1v) is 5.46. The van der Waals surface area contributed by atoms with Crippen LogP contribution in [0.1, 0.15) is 25.7 Å². The number of carboxylic acid groups (broad SMARTS) is 1. The number of aliphatic carboxylic acids is 1. The van der Waals surface area contributed by atoms with E-state index in [1.807, 2.05) is 0 Å². The lowest BCUT2D eigenvalue weighted by Crippen LogP contribution is -2.42. The van der Waals surface area contributed by atoms with E-state index in [0.717, 1.165) is 25.9 Å². The van der Waals surface area contributed by atoms with E-state index in [0.29, 0.717) is 6.54 Å². The zero-order valence-electron chi connectivity index (χ0n) is 9.15. The van der Waals surface area contributed by atoms with Gasteiger partial charge < -0.3 is 20.9 Å². The minimum absolute atomic E-state index is 0.219. The van der Waals surface area contributed by atoms with E-state index < -0.39 is 17.9 Å². The number of hydrogen-bond acceptors (Lipinski definition) is 4. The van der Waals surface area contributed by atoms with Crippen LogP contribution in [-0.4, -0.2) is 42.3 Å². The molecule has 6 heteroatoms. The standard InChI is InChI=1S/C10H18N2O4/c11-8(6-9(13)14)10(15)12-4-3-7-2-1-5-16-7/h7-8H,1-6,11H2,(H,12,15)(H,13,14)/t7?,8-/m0/s1. The zero-order valence-corrected chi connectivity index (χ0v) is 9.15. The summed E-state index contributed by atoms with van der Waals surface area (Å²) in [5.41, 5.74) is 5.39. The molecular formula is C10H18N2O4. The molecule has 0 aromatic carbocycles. The predicted octanol–water partition coefficient (Wildman–Crippen LogP) is -0.526. The lowest BCUT2D eigenvalue weighted by atomic mass is 10.1. The van der Waals surface area contributed by atoms with Crippen LogP contribution in [0.4, 0.5) is 0 Å². The number of rotatable bonds is 6. The van der Waals surface area contributed by atoms with Crippen molar-refractivity contribution >= 4 is 11.9 Å². The Bertz CT molecular complexity index is 251. The molecule has 0 radical (unpaired) electrons. The summed E-state index contributed by atoms with van der Waals surface area (Å²) in [5.74, 6) is -1.48. The fraction of sp³-hybridized carbons (Fsp3) is 0.800. The number of amides is 1. The Morgan fingerprint density at radius 2 is 2.31 bits per heavy atom. The molecule has 0 aliphatic carbocycles. The summed E-state index contributed by atoms with van der Waals surface area (Å²) in [6.45, 7) is 1.27. The van der Waals surface area contributed by atoms with Gasteiger partial charge in [0, 0.05) is 13.2 Å². The second-order valence-corrected chi connectivity index (χ2v) is 3.92.